The van der Waals surface area contributed by atoms with Crippen molar-refractivity contribution in [3.05, 3.63) is 52.0 Å². The van der Waals surface area contributed by atoms with Crippen LogP contribution in [-0.2, 0) is 6.54 Å². The Morgan fingerprint density at radius 1 is 1.31 bits per heavy atom. The summed E-state index contributed by atoms with van der Waals surface area (Å²) in [5, 5.41) is 6.72. The molecule has 0 aliphatic heterocycles. The molecule has 0 saturated heterocycles. The van der Waals surface area contributed by atoms with Gasteiger partial charge in [0.2, 0.25) is 0 Å². The fourth-order valence-corrected chi connectivity index (χ4v) is 2.31. The summed E-state index contributed by atoms with van der Waals surface area (Å²) in [4.78, 5) is 4.43. The predicted molar refractivity (Wildman–Crippen MR) is 68.5 cm³/mol. The van der Waals surface area contributed by atoms with E-state index in [1.165, 1.54) is 5.56 Å². The van der Waals surface area contributed by atoms with E-state index in [1.54, 1.807) is 11.3 Å². The smallest absolute Gasteiger partial charge is 0.107 e. The van der Waals surface area contributed by atoms with Crippen molar-refractivity contribution in [1.82, 2.24) is 10.3 Å². The molecule has 1 N–H and O–H groups in total. The molecule has 0 aliphatic rings. The summed E-state index contributed by atoms with van der Waals surface area (Å²) in [7, 11) is 0. The van der Waals surface area contributed by atoms with E-state index in [-0.39, 0.29) is 0 Å². The molecule has 1 atom stereocenters. The van der Waals surface area contributed by atoms with Crippen molar-refractivity contribution in [2.75, 3.05) is 0 Å². The van der Waals surface area contributed by atoms with Gasteiger partial charge in [-0.25, -0.2) is 4.98 Å². The minimum absolute atomic E-state index is 0.366. The van der Waals surface area contributed by atoms with E-state index in [4.69, 9.17) is 0 Å². The average molecular weight is 232 g/mol. The molecule has 0 fully saturated rings. The van der Waals surface area contributed by atoms with Gasteiger partial charge in [0.05, 0.1) is 0 Å². The Labute approximate surface area is 100 Å². The van der Waals surface area contributed by atoms with Crippen LogP contribution in [0.15, 0.2) is 35.7 Å². The van der Waals surface area contributed by atoms with Gasteiger partial charge < -0.3 is 5.32 Å². The highest BCUT2D eigenvalue weighted by atomic mass is 32.1. The molecule has 0 saturated carbocycles. The van der Waals surface area contributed by atoms with Gasteiger partial charge in [0.25, 0.3) is 0 Å². The molecule has 0 spiro atoms. The molecule has 16 heavy (non-hydrogen) atoms. The fourth-order valence-electron chi connectivity index (χ4n) is 1.58. The summed E-state index contributed by atoms with van der Waals surface area (Å²) in [5.41, 5.74) is 2.42. The summed E-state index contributed by atoms with van der Waals surface area (Å²) in [5.74, 6) is 0. The number of hydrogen-bond donors (Lipinski definition) is 1. The van der Waals surface area contributed by atoms with Crippen molar-refractivity contribution in [3.63, 3.8) is 0 Å². The van der Waals surface area contributed by atoms with Crippen LogP contribution in [0.5, 0.6) is 0 Å². The van der Waals surface area contributed by atoms with Crippen LogP contribution < -0.4 is 5.32 Å². The quantitative estimate of drug-likeness (QED) is 0.875. The van der Waals surface area contributed by atoms with E-state index >= 15 is 0 Å². The highest BCUT2D eigenvalue weighted by molar-refractivity contribution is 7.09. The van der Waals surface area contributed by atoms with E-state index in [0.717, 1.165) is 17.2 Å². The van der Waals surface area contributed by atoms with E-state index in [1.807, 2.05) is 13.0 Å². The molecule has 2 rings (SSSR count). The average Bonchev–Trinajstić information content (AvgIpc) is 2.73. The first-order valence-electron chi connectivity index (χ1n) is 5.45. The van der Waals surface area contributed by atoms with E-state index in [9.17, 15) is 0 Å². The molecule has 84 valence electrons. The third-order valence-corrected chi connectivity index (χ3v) is 3.49. The van der Waals surface area contributed by atoms with E-state index in [0.29, 0.717) is 6.04 Å². The van der Waals surface area contributed by atoms with Gasteiger partial charge in [-0.15, -0.1) is 11.3 Å². The number of nitrogens with zero attached hydrogens (tertiary/aromatic N) is 1. The topological polar surface area (TPSA) is 24.9 Å². The number of thiazole rings is 1. The normalized spacial score (nSPS) is 12.6. The summed E-state index contributed by atoms with van der Waals surface area (Å²) in [6.45, 7) is 5.05. The maximum Gasteiger partial charge on any atom is 0.107 e. The number of rotatable bonds is 4. The molecule has 1 unspecified atom stereocenters. The molecule has 1 aromatic carbocycles. The first kappa shape index (κ1) is 11.3. The summed E-state index contributed by atoms with van der Waals surface area (Å²) >= 11 is 1.71. The lowest BCUT2D eigenvalue weighted by Gasteiger charge is -2.12. The van der Waals surface area contributed by atoms with Gasteiger partial charge in [-0.05, 0) is 19.4 Å². The van der Waals surface area contributed by atoms with Crippen LogP contribution in [0.25, 0.3) is 0 Å². The van der Waals surface area contributed by atoms with Crippen LogP contribution in [0.3, 0.4) is 0 Å². The van der Waals surface area contributed by atoms with Gasteiger partial charge in [-0.2, -0.15) is 0 Å². The van der Waals surface area contributed by atoms with Crippen LogP contribution in [0, 0.1) is 6.92 Å². The molecule has 0 radical (unpaired) electrons. The Kier molecular flexibility index (Phi) is 3.70. The monoisotopic (exact) mass is 232 g/mol. The molecule has 0 bridgehead atoms. The Hall–Kier alpha value is -1.19. The third kappa shape index (κ3) is 2.90. The Morgan fingerprint density at radius 2 is 2.06 bits per heavy atom. The summed E-state index contributed by atoms with van der Waals surface area (Å²) in [6.07, 6.45) is 0. The van der Waals surface area contributed by atoms with Gasteiger partial charge in [-0.1, -0.05) is 30.3 Å². The lowest BCUT2D eigenvalue weighted by Crippen LogP contribution is -2.17. The zero-order chi connectivity index (χ0) is 11.4. The molecule has 2 aromatic rings. The molecule has 1 heterocycles. The SMILES string of the molecule is Cc1csc(CNC(C)c2ccccc2)n1. The number of aromatic nitrogens is 1. The number of nitrogens with one attached hydrogen (secondary N) is 1. The highest BCUT2D eigenvalue weighted by Crippen LogP contribution is 2.14. The fraction of sp³-hybridized carbons (Fsp3) is 0.308. The van der Waals surface area contributed by atoms with Crippen molar-refractivity contribution < 1.29 is 0 Å². The molecule has 0 aliphatic carbocycles. The van der Waals surface area contributed by atoms with Gasteiger partial charge in [0.15, 0.2) is 0 Å². The zero-order valence-corrected chi connectivity index (χ0v) is 10.4. The minimum Gasteiger partial charge on any atom is -0.304 e. The molecular weight excluding hydrogens is 216 g/mol. The number of aryl methyl sites for hydroxylation is 1. The number of hydrogen-bond acceptors (Lipinski definition) is 3. The first-order valence-corrected chi connectivity index (χ1v) is 6.33. The highest BCUT2D eigenvalue weighted by Gasteiger charge is 2.05. The Balaban J connectivity index is 1.91. The largest absolute Gasteiger partial charge is 0.304 e. The van der Waals surface area contributed by atoms with Gasteiger partial charge in [0.1, 0.15) is 5.01 Å². The van der Waals surface area contributed by atoms with Gasteiger partial charge in [-0.3, -0.25) is 0 Å². The van der Waals surface area contributed by atoms with Crippen molar-refractivity contribution in [2.45, 2.75) is 26.4 Å². The van der Waals surface area contributed by atoms with Crippen molar-refractivity contribution >= 4 is 11.3 Å². The Morgan fingerprint density at radius 3 is 2.69 bits per heavy atom. The maximum absolute atomic E-state index is 4.43. The van der Waals surface area contributed by atoms with Crippen LogP contribution in [-0.4, -0.2) is 4.98 Å². The van der Waals surface area contributed by atoms with Crippen molar-refractivity contribution in [2.24, 2.45) is 0 Å². The zero-order valence-electron chi connectivity index (χ0n) is 9.60. The van der Waals surface area contributed by atoms with Crippen LogP contribution in [0.4, 0.5) is 0 Å². The van der Waals surface area contributed by atoms with Gasteiger partial charge in [0, 0.05) is 23.7 Å². The second kappa shape index (κ2) is 5.23. The van der Waals surface area contributed by atoms with Crippen molar-refractivity contribution in [3.8, 4) is 0 Å². The first-order chi connectivity index (χ1) is 7.75. The summed E-state index contributed by atoms with van der Waals surface area (Å²) < 4.78 is 0. The molecule has 1 aromatic heterocycles. The molecule has 2 nitrogen and oxygen atoms in total. The second-order valence-electron chi connectivity index (χ2n) is 3.90. The van der Waals surface area contributed by atoms with Crippen molar-refractivity contribution in [1.29, 1.82) is 0 Å². The Bertz CT molecular complexity index is 436. The van der Waals surface area contributed by atoms with Gasteiger partial charge >= 0.3 is 0 Å². The predicted octanol–water partition coefficient (Wildman–Crippen LogP) is 3.30. The van der Waals surface area contributed by atoms with Crippen LogP contribution in [0.1, 0.15) is 29.2 Å². The number of benzene rings is 1. The molecular formula is C13H16N2S. The molecule has 3 heteroatoms. The van der Waals surface area contributed by atoms with E-state index in [2.05, 4.69) is 46.9 Å². The molecule has 0 amide bonds. The maximum atomic E-state index is 4.43. The second-order valence-corrected chi connectivity index (χ2v) is 4.84. The third-order valence-electron chi connectivity index (χ3n) is 2.53. The lowest BCUT2D eigenvalue weighted by atomic mass is 10.1. The van der Waals surface area contributed by atoms with Crippen LogP contribution >= 0.6 is 11.3 Å². The lowest BCUT2D eigenvalue weighted by molar-refractivity contribution is 0.573. The standard InChI is InChI=1S/C13H16N2S/c1-10-9-16-13(15-10)8-14-11(2)12-6-4-3-5-7-12/h3-7,9,11,14H,8H2,1-2H3. The van der Waals surface area contributed by atoms with E-state index < -0.39 is 0 Å². The minimum atomic E-state index is 0.366. The summed E-state index contributed by atoms with van der Waals surface area (Å²) in [6, 6.07) is 10.8. The van der Waals surface area contributed by atoms with Crippen LogP contribution in [0.2, 0.25) is 0 Å².